The van der Waals surface area contributed by atoms with E-state index >= 15 is 0 Å². The summed E-state index contributed by atoms with van der Waals surface area (Å²) in [6.07, 6.45) is -3.72. The molecular formula is C7H4Cl3O3P. The first-order valence-corrected chi connectivity index (χ1v) is 7.19. The van der Waals surface area contributed by atoms with Gasteiger partial charge < -0.3 is 4.52 Å². The van der Waals surface area contributed by atoms with Crippen LogP contribution in [0.5, 0.6) is 5.75 Å². The number of carbonyl (C=O) groups excluding carboxylic acids is 1. The second kappa shape index (κ2) is 4.54. The van der Waals surface area contributed by atoms with Crippen LogP contribution < -0.4 is 4.52 Å². The minimum absolute atomic E-state index is 0.000772. The van der Waals surface area contributed by atoms with Gasteiger partial charge >= 0.3 is 6.07 Å². The van der Waals surface area contributed by atoms with Crippen LogP contribution in [0.25, 0.3) is 0 Å². The highest BCUT2D eigenvalue weighted by Gasteiger charge is 2.19. The standard InChI is InChI=1S/C7H4Cl3O3P/c8-7(11)5-3-1-2-4-6(5)13-14(9,10)12/h1-4H. The number of para-hydroxylation sites is 1. The third-order valence-electron chi connectivity index (χ3n) is 1.30. The molecule has 0 saturated carbocycles. The quantitative estimate of drug-likeness (QED) is 0.617. The van der Waals surface area contributed by atoms with E-state index in [0.29, 0.717) is 0 Å². The van der Waals surface area contributed by atoms with Crippen molar-refractivity contribution in [3.63, 3.8) is 0 Å². The zero-order valence-electron chi connectivity index (χ0n) is 6.62. The van der Waals surface area contributed by atoms with E-state index in [9.17, 15) is 9.36 Å². The van der Waals surface area contributed by atoms with Crippen molar-refractivity contribution in [2.24, 2.45) is 0 Å². The zero-order chi connectivity index (χ0) is 10.8. The van der Waals surface area contributed by atoms with Gasteiger partial charge in [-0.3, -0.25) is 4.79 Å². The normalized spacial score (nSPS) is 11.1. The molecule has 1 rings (SSSR count). The Hall–Kier alpha value is -0.210. The van der Waals surface area contributed by atoms with Gasteiger partial charge in [-0.15, -0.1) is 0 Å². The van der Waals surface area contributed by atoms with Crippen molar-refractivity contribution >= 4 is 45.4 Å². The smallest absolute Gasteiger partial charge is 0.421 e. The first-order chi connectivity index (χ1) is 6.40. The molecule has 76 valence electrons. The number of halogens is 3. The van der Waals surface area contributed by atoms with Crippen LogP contribution in [0.2, 0.25) is 0 Å². The van der Waals surface area contributed by atoms with Crippen molar-refractivity contribution in [1.82, 2.24) is 0 Å². The van der Waals surface area contributed by atoms with Gasteiger partial charge in [0.05, 0.1) is 5.56 Å². The SMILES string of the molecule is O=C(Cl)c1ccccc1OP(=O)(Cl)Cl. The van der Waals surface area contributed by atoms with Crippen molar-refractivity contribution < 1.29 is 13.9 Å². The van der Waals surface area contributed by atoms with Gasteiger partial charge in [-0.25, -0.2) is 4.57 Å². The van der Waals surface area contributed by atoms with E-state index in [4.69, 9.17) is 34.1 Å². The molecule has 0 N–H and O–H groups in total. The van der Waals surface area contributed by atoms with E-state index in [-0.39, 0.29) is 11.3 Å². The summed E-state index contributed by atoms with van der Waals surface area (Å²) in [5.74, 6) is 0.000772. The Bertz CT molecular complexity index is 401. The Morgan fingerprint density at radius 1 is 1.29 bits per heavy atom. The summed E-state index contributed by atoms with van der Waals surface area (Å²) < 4.78 is 15.6. The largest absolute Gasteiger partial charge is 0.428 e. The van der Waals surface area contributed by atoms with Crippen molar-refractivity contribution in [3.05, 3.63) is 29.8 Å². The summed E-state index contributed by atoms with van der Waals surface area (Å²) in [5.41, 5.74) is 0.0655. The molecule has 0 bridgehead atoms. The van der Waals surface area contributed by atoms with Crippen LogP contribution in [0, 0.1) is 0 Å². The van der Waals surface area contributed by atoms with Crippen molar-refractivity contribution in [1.29, 1.82) is 0 Å². The van der Waals surface area contributed by atoms with E-state index in [1.54, 1.807) is 12.1 Å². The van der Waals surface area contributed by atoms with E-state index in [1.807, 2.05) is 0 Å². The number of hydrogen-bond donors (Lipinski definition) is 0. The maximum absolute atomic E-state index is 10.9. The Morgan fingerprint density at radius 2 is 1.86 bits per heavy atom. The highest BCUT2D eigenvalue weighted by atomic mass is 35.9. The van der Waals surface area contributed by atoms with Crippen molar-refractivity contribution in [2.45, 2.75) is 0 Å². The van der Waals surface area contributed by atoms with Crippen LogP contribution in [-0.2, 0) is 4.57 Å². The lowest BCUT2D eigenvalue weighted by atomic mass is 10.2. The first-order valence-electron chi connectivity index (χ1n) is 3.38. The maximum Gasteiger partial charge on any atom is 0.428 e. The first kappa shape index (κ1) is 11.9. The van der Waals surface area contributed by atoms with E-state index < -0.39 is 11.3 Å². The third kappa shape index (κ3) is 3.50. The minimum Gasteiger partial charge on any atom is -0.421 e. The molecule has 3 nitrogen and oxygen atoms in total. The van der Waals surface area contributed by atoms with Gasteiger partial charge in [0.1, 0.15) is 5.75 Å². The lowest BCUT2D eigenvalue weighted by Gasteiger charge is -2.08. The topological polar surface area (TPSA) is 43.4 Å². The van der Waals surface area contributed by atoms with Crippen LogP contribution >= 0.6 is 40.2 Å². The summed E-state index contributed by atoms with van der Waals surface area (Å²) in [6.45, 7) is 0. The van der Waals surface area contributed by atoms with Gasteiger partial charge in [-0.2, -0.15) is 0 Å². The van der Waals surface area contributed by atoms with Gasteiger partial charge in [-0.1, -0.05) is 12.1 Å². The molecule has 0 heterocycles. The summed E-state index contributed by atoms with van der Waals surface area (Å²) in [6, 6.07) is 5.96. The van der Waals surface area contributed by atoms with Gasteiger partial charge in [0, 0.05) is 22.5 Å². The third-order valence-corrected chi connectivity index (χ3v) is 2.33. The highest BCUT2D eigenvalue weighted by Crippen LogP contribution is 2.57. The molecule has 7 heteroatoms. The molecule has 0 fully saturated rings. The molecule has 0 radical (unpaired) electrons. The van der Waals surface area contributed by atoms with E-state index in [2.05, 4.69) is 4.52 Å². The Kier molecular flexibility index (Phi) is 3.85. The van der Waals surface area contributed by atoms with Gasteiger partial charge in [0.2, 0.25) is 0 Å². The van der Waals surface area contributed by atoms with Crippen molar-refractivity contribution in [2.75, 3.05) is 0 Å². The second-order valence-electron chi connectivity index (χ2n) is 2.28. The summed E-state index contributed by atoms with van der Waals surface area (Å²) in [5, 5.41) is -0.734. The minimum atomic E-state index is -3.72. The molecule has 0 unspecified atom stereocenters. The van der Waals surface area contributed by atoms with Crippen LogP contribution in [0.15, 0.2) is 24.3 Å². The fourth-order valence-electron chi connectivity index (χ4n) is 0.823. The molecule has 1 aromatic rings. The monoisotopic (exact) mass is 272 g/mol. The molecular weight excluding hydrogens is 269 g/mol. The average molecular weight is 273 g/mol. The lowest BCUT2D eigenvalue weighted by Crippen LogP contribution is -1.93. The van der Waals surface area contributed by atoms with Crippen LogP contribution in [-0.4, -0.2) is 5.24 Å². The molecule has 0 spiro atoms. The summed E-state index contributed by atoms with van der Waals surface area (Å²) >= 11 is 15.6. The molecule has 0 aliphatic heterocycles. The molecule has 0 amide bonds. The van der Waals surface area contributed by atoms with Crippen LogP contribution in [0.1, 0.15) is 10.4 Å². The molecule has 0 aliphatic carbocycles. The average Bonchev–Trinajstić information content (AvgIpc) is 2.01. The number of hydrogen-bond acceptors (Lipinski definition) is 3. The second-order valence-corrected chi connectivity index (χ2v) is 6.82. The fourth-order valence-corrected chi connectivity index (χ4v) is 1.81. The fraction of sp³-hybridized carbons (Fsp3) is 0. The lowest BCUT2D eigenvalue weighted by molar-refractivity contribution is 0.108. The zero-order valence-corrected chi connectivity index (χ0v) is 9.78. The number of carbonyl (C=O) groups is 1. The molecule has 0 atom stereocenters. The summed E-state index contributed by atoms with van der Waals surface area (Å²) in [4.78, 5) is 10.9. The van der Waals surface area contributed by atoms with E-state index in [0.717, 1.165) is 0 Å². The molecule has 0 aromatic heterocycles. The highest BCUT2D eigenvalue weighted by molar-refractivity contribution is 8.05. The van der Waals surface area contributed by atoms with E-state index in [1.165, 1.54) is 12.1 Å². The Labute approximate surface area is 94.9 Å². The van der Waals surface area contributed by atoms with Gasteiger partial charge in [-0.05, 0) is 23.7 Å². The molecule has 14 heavy (non-hydrogen) atoms. The molecule has 0 aliphatic rings. The predicted octanol–water partition coefficient (Wildman–Crippen LogP) is 4.03. The van der Waals surface area contributed by atoms with Gasteiger partial charge in [0.15, 0.2) is 0 Å². The van der Waals surface area contributed by atoms with Crippen LogP contribution in [0.4, 0.5) is 0 Å². The maximum atomic E-state index is 10.9. The Morgan fingerprint density at radius 3 is 2.36 bits per heavy atom. The summed E-state index contributed by atoms with van der Waals surface area (Å²) in [7, 11) is 0. The van der Waals surface area contributed by atoms with Gasteiger partial charge in [0.25, 0.3) is 5.24 Å². The van der Waals surface area contributed by atoms with Crippen LogP contribution in [0.3, 0.4) is 0 Å². The molecule has 0 saturated heterocycles. The Balaban J connectivity index is 3.08. The number of rotatable bonds is 3. The predicted molar refractivity (Wildman–Crippen MR) is 56.6 cm³/mol. The van der Waals surface area contributed by atoms with Crippen molar-refractivity contribution in [3.8, 4) is 5.75 Å². The number of benzene rings is 1. The molecule has 1 aromatic carbocycles.